The van der Waals surface area contributed by atoms with Crippen LogP contribution in [0.2, 0.25) is 0 Å². The highest BCUT2D eigenvalue weighted by Gasteiger charge is 2.26. The molecule has 0 radical (unpaired) electrons. The van der Waals surface area contributed by atoms with Crippen LogP contribution < -0.4 is 4.72 Å². The Morgan fingerprint density at radius 1 is 1.58 bits per heavy atom. The summed E-state index contributed by atoms with van der Waals surface area (Å²) >= 11 is 3.72. The Bertz CT molecular complexity index is 570. The van der Waals surface area contributed by atoms with Crippen molar-refractivity contribution < 1.29 is 13.2 Å². The number of rotatable bonds is 3. The van der Waals surface area contributed by atoms with E-state index in [1.165, 1.54) is 11.3 Å². The molecule has 0 spiro atoms. The lowest BCUT2D eigenvalue weighted by molar-refractivity contribution is 0.0703. The Morgan fingerprint density at radius 3 is 2.89 bits per heavy atom. The van der Waals surface area contributed by atoms with Crippen molar-refractivity contribution in [3.63, 3.8) is 0 Å². The van der Waals surface area contributed by atoms with Crippen LogP contribution >= 0.6 is 33.9 Å². The van der Waals surface area contributed by atoms with Gasteiger partial charge in [0, 0.05) is 24.5 Å². The number of halogens is 1. The van der Waals surface area contributed by atoms with Gasteiger partial charge < -0.3 is 4.90 Å². The molecule has 2 heterocycles. The van der Waals surface area contributed by atoms with E-state index in [9.17, 15) is 13.2 Å². The molecule has 1 atom stereocenters. The minimum absolute atomic E-state index is 0.0147. The zero-order chi connectivity index (χ0) is 14.0. The van der Waals surface area contributed by atoms with Gasteiger partial charge in [0.1, 0.15) is 0 Å². The Morgan fingerprint density at radius 2 is 2.32 bits per heavy atom. The van der Waals surface area contributed by atoms with Gasteiger partial charge in [0.05, 0.1) is 14.7 Å². The molecule has 19 heavy (non-hydrogen) atoms. The number of carbonyl (C=O) groups is 1. The minimum Gasteiger partial charge on any atom is -0.337 e. The monoisotopic (exact) mass is 414 g/mol. The lowest BCUT2D eigenvalue weighted by Crippen LogP contribution is -2.49. The van der Waals surface area contributed by atoms with Crippen molar-refractivity contribution in [3.8, 4) is 0 Å². The van der Waals surface area contributed by atoms with E-state index in [1.54, 1.807) is 4.90 Å². The number of thiophene rings is 1. The molecule has 0 aliphatic carbocycles. The van der Waals surface area contributed by atoms with E-state index in [-0.39, 0.29) is 11.9 Å². The highest BCUT2D eigenvalue weighted by Crippen LogP contribution is 2.20. The van der Waals surface area contributed by atoms with Gasteiger partial charge in [-0.25, -0.2) is 13.1 Å². The van der Waals surface area contributed by atoms with Gasteiger partial charge in [0.25, 0.3) is 5.91 Å². The topological polar surface area (TPSA) is 66.5 Å². The molecule has 1 aromatic heterocycles. The molecule has 0 bridgehead atoms. The summed E-state index contributed by atoms with van der Waals surface area (Å²) in [5.74, 6) is -0.0147. The predicted molar refractivity (Wildman–Crippen MR) is 83.9 cm³/mol. The van der Waals surface area contributed by atoms with Crippen molar-refractivity contribution in [2.75, 3.05) is 19.3 Å². The molecule has 1 aliphatic rings. The van der Waals surface area contributed by atoms with Crippen molar-refractivity contribution >= 4 is 49.9 Å². The van der Waals surface area contributed by atoms with Gasteiger partial charge in [0.2, 0.25) is 10.0 Å². The third-order valence-corrected chi connectivity index (χ3v) is 5.45. The fourth-order valence-electron chi connectivity index (χ4n) is 2.17. The number of piperidine rings is 1. The Kier molecular flexibility index (Phi) is 4.85. The Labute approximate surface area is 130 Å². The van der Waals surface area contributed by atoms with Gasteiger partial charge in [-0.3, -0.25) is 4.79 Å². The van der Waals surface area contributed by atoms with E-state index in [2.05, 4.69) is 27.3 Å². The fourth-order valence-corrected chi connectivity index (χ4v) is 4.28. The number of carbonyl (C=O) groups excluding carboxylic acids is 1. The van der Waals surface area contributed by atoms with Crippen LogP contribution in [0.4, 0.5) is 0 Å². The first-order chi connectivity index (χ1) is 8.85. The molecule has 1 N–H and O–H groups in total. The smallest absolute Gasteiger partial charge is 0.254 e. The summed E-state index contributed by atoms with van der Waals surface area (Å²) < 4.78 is 26.1. The standard InChI is InChI=1S/C11H15IN2O3S2/c1-19(16,17)13-9-3-2-4-14(6-9)11(15)8-5-10(12)18-7-8/h5,7,9,13H,2-4,6H2,1H3. The highest BCUT2D eigenvalue weighted by molar-refractivity contribution is 14.1. The first-order valence-corrected chi connectivity index (χ1v) is 9.71. The lowest BCUT2D eigenvalue weighted by Gasteiger charge is -2.32. The van der Waals surface area contributed by atoms with Gasteiger partial charge in [-0.05, 0) is 41.5 Å². The molecule has 0 aromatic carbocycles. The summed E-state index contributed by atoms with van der Waals surface area (Å²) in [5.41, 5.74) is 0.689. The van der Waals surface area contributed by atoms with Crippen molar-refractivity contribution in [2.24, 2.45) is 0 Å². The van der Waals surface area contributed by atoms with Gasteiger partial charge in [0.15, 0.2) is 0 Å². The maximum absolute atomic E-state index is 12.3. The van der Waals surface area contributed by atoms with Crippen molar-refractivity contribution in [1.82, 2.24) is 9.62 Å². The van der Waals surface area contributed by atoms with Crippen LogP contribution in [0, 0.1) is 2.88 Å². The molecule has 0 saturated carbocycles. The fraction of sp³-hybridized carbons (Fsp3) is 0.545. The lowest BCUT2D eigenvalue weighted by atomic mass is 10.1. The normalized spacial score (nSPS) is 20.5. The highest BCUT2D eigenvalue weighted by atomic mass is 127. The molecule has 106 valence electrons. The molecule has 8 heteroatoms. The average Bonchev–Trinajstić information content (AvgIpc) is 2.73. The molecule has 1 unspecified atom stereocenters. The van der Waals surface area contributed by atoms with Crippen molar-refractivity contribution in [1.29, 1.82) is 0 Å². The molecule has 2 rings (SSSR count). The summed E-state index contributed by atoms with van der Waals surface area (Å²) in [6, 6.07) is 1.69. The summed E-state index contributed by atoms with van der Waals surface area (Å²) in [5, 5.41) is 1.84. The number of nitrogens with zero attached hydrogens (tertiary/aromatic N) is 1. The van der Waals surface area contributed by atoms with Crippen LogP contribution in [0.3, 0.4) is 0 Å². The van der Waals surface area contributed by atoms with E-state index in [0.717, 1.165) is 22.0 Å². The first kappa shape index (κ1) is 15.2. The summed E-state index contributed by atoms with van der Waals surface area (Å²) in [7, 11) is -3.22. The SMILES string of the molecule is CS(=O)(=O)NC1CCCN(C(=O)c2csc(I)c2)C1. The molecule has 1 aliphatic heterocycles. The summed E-state index contributed by atoms with van der Waals surface area (Å²) in [6.45, 7) is 1.13. The van der Waals surface area contributed by atoms with Gasteiger partial charge in [-0.2, -0.15) is 0 Å². The zero-order valence-corrected chi connectivity index (χ0v) is 14.2. The third kappa shape index (κ3) is 4.40. The molecular weight excluding hydrogens is 399 g/mol. The number of sulfonamides is 1. The van der Waals surface area contributed by atoms with Gasteiger partial charge in [-0.1, -0.05) is 0 Å². The van der Waals surface area contributed by atoms with E-state index in [0.29, 0.717) is 18.7 Å². The number of hydrogen-bond donors (Lipinski definition) is 1. The first-order valence-electron chi connectivity index (χ1n) is 5.86. The Hall–Kier alpha value is -0.190. The van der Waals surface area contributed by atoms with Gasteiger partial charge in [-0.15, -0.1) is 11.3 Å². The second-order valence-electron chi connectivity index (χ2n) is 4.62. The van der Waals surface area contributed by atoms with E-state index in [1.807, 2.05) is 11.4 Å². The molecule has 1 fully saturated rings. The summed E-state index contributed by atoms with van der Waals surface area (Å²) in [6.07, 6.45) is 2.74. The molecule has 1 aromatic rings. The second kappa shape index (κ2) is 6.06. The average molecular weight is 414 g/mol. The second-order valence-corrected chi connectivity index (χ2v) is 9.21. The number of amides is 1. The maximum atomic E-state index is 12.3. The van der Waals surface area contributed by atoms with Crippen LogP contribution in [-0.2, 0) is 10.0 Å². The molecular formula is C11H15IN2O3S2. The Balaban J connectivity index is 2.03. The number of hydrogen-bond acceptors (Lipinski definition) is 4. The van der Waals surface area contributed by atoms with Gasteiger partial charge >= 0.3 is 0 Å². The maximum Gasteiger partial charge on any atom is 0.254 e. The minimum atomic E-state index is -3.22. The van der Waals surface area contributed by atoms with E-state index in [4.69, 9.17) is 0 Å². The van der Waals surface area contributed by atoms with Crippen LogP contribution in [0.25, 0.3) is 0 Å². The van der Waals surface area contributed by atoms with Crippen molar-refractivity contribution in [2.45, 2.75) is 18.9 Å². The predicted octanol–water partition coefficient (Wildman–Crippen LogP) is 1.51. The largest absolute Gasteiger partial charge is 0.337 e. The van der Waals surface area contributed by atoms with E-state index < -0.39 is 10.0 Å². The third-order valence-electron chi connectivity index (χ3n) is 2.90. The van der Waals surface area contributed by atoms with Crippen LogP contribution in [0.1, 0.15) is 23.2 Å². The zero-order valence-electron chi connectivity index (χ0n) is 10.4. The summed E-state index contributed by atoms with van der Waals surface area (Å²) in [4.78, 5) is 14.0. The van der Waals surface area contributed by atoms with Crippen LogP contribution in [0.5, 0.6) is 0 Å². The van der Waals surface area contributed by atoms with Crippen LogP contribution in [0.15, 0.2) is 11.4 Å². The number of nitrogens with one attached hydrogen (secondary N) is 1. The van der Waals surface area contributed by atoms with Crippen molar-refractivity contribution in [3.05, 3.63) is 19.9 Å². The van der Waals surface area contributed by atoms with Crippen LogP contribution in [-0.4, -0.2) is 44.6 Å². The molecule has 1 amide bonds. The molecule has 5 nitrogen and oxygen atoms in total. The quantitative estimate of drug-likeness (QED) is 0.763. The molecule has 1 saturated heterocycles. The number of likely N-dealkylation sites (tertiary alicyclic amines) is 1. The van der Waals surface area contributed by atoms with E-state index >= 15 is 0 Å².